The molecule has 1 heterocycles. The topological polar surface area (TPSA) is 12.9 Å². The van der Waals surface area contributed by atoms with Gasteiger partial charge in [-0.15, -0.1) is 6.42 Å². The van der Waals surface area contributed by atoms with Gasteiger partial charge in [0.25, 0.3) is 0 Å². The Balaban J connectivity index is 1.80. The lowest BCUT2D eigenvalue weighted by atomic mass is 9.54. The summed E-state index contributed by atoms with van der Waals surface area (Å²) in [6.45, 7) is 0. The summed E-state index contributed by atoms with van der Waals surface area (Å²) >= 11 is 0. The molecule has 3 aliphatic carbocycles. The smallest absolute Gasteiger partial charge is 0.0320 e. The van der Waals surface area contributed by atoms with Crippen LogP contribution in [-0.2, 0) is 0 Å². The summed E-state index contributed by atoms with van der Waals surface area (Å²) in [5, 5.41) is 0. The van der Waals surface area contributed by atoms with Crippen molar-refractivity contribution in [3.63, 3.8) is 0 Å². The summed E-state index contributed by atoms with van der Waals surface area (Å²) in [4.78, 5) is 4.02. The highest BCUT2D eigenvalue weighted by molar-refractivity contribution is 5.35. The predicted molar refractivity (Wildman–Crippen MR) is 72.5 cm³/mol. The van der Waals surface area contributed by atoms with Gasteiger partial charge in [-0.2, -0.15) is 0 Å². The lowest BCUT2D eigenvalue weighted by Crippen LogP contribution is -2.39. The van der Waals surface area contributed by atoms with Crippen molar-refractivity contribution in [1.29, 1.82) is 0 Å². The average molecular weight is 235 g/mol. The summed E-state index contributed by atoms with van der Waals surface area (Å²) in [6, 6.07) is 3.95. The number of aromatic nitrogens is 1. The highest BCUT2D eigenvalue weighted by atomic mass is 14.6. The first-order valence-corrected chi connectivity index (χ1v) is 6.67. The molecular weight excluding hydrogens is 218 g/mol. The SMILES string of the molecule is C#CC12CCC(C#Cc3ccncc3)(CC1)CC2. The Morgan fingerprint density at radius 3 is 2.06 bits per heavy atom. The number of terminal acetylenes is 1. The van der Waals surface area contributed by atoms with E-state index < -0.39 is 0 Å². The fourth-order valence-corrected chi connectivity index (χ4v) is 3.23. The first-order valence-electron chi connectivity index (χ1n) is 6.67. The van der Waals surface area contributed by atoms with Crippen LogP contribution in [0.25, 0.3) is 0 Å². The van der Waals surface area contributed by atoms with Gasteiger partial charge in [0.15, 0.2) is 0 Å². The predicted octanol–water partition coefficient (Wildman–Crippen LogP) is 3.41. The highest BCUT2D eigenvalue weighted by Crippen LogP contribution is 2.56. The number of hydrogen-bond acceptors (Lipinski definition) is 1. The quantitative estimate of drug-likeness (QED) is 0.628. The van der Waals surface area contributed by atoms with Crippen LogP contribution in [0.3, 0.4) is 0 Å². The summed E-state index contributed by atoms with van der Waals surface area (Å²) in [5.74, 6) is 9.89. The van der Waals surface area contributed by atoms with Gasteiger partial charge in [0.05, 0.1) is 0 Å². The van der Waals surface area contributed by atoms with Crippen molar-refractivity contribution in [3.8, 4) is 24.2 Å². The molecule has 1 nitrogen and oxygen atoms in total. The van der Waals surface area contributed by atoms with Crippen LogP contribution in [0.4, 0.5) is 0 Å². The maximum Gasteiger partial charge on any atom is 0.0320 e. The summed E-state index contributed by atoms with van der Waals surface area (Å²) in [5.41, 5.74) is 1.51. The van der Waals surface area contributed by atoms with Crippen molar-refractivity contribution in [1.82, 2.24) is 4.98 Å². The Morgan fingerprint density at radius 1 is 0.944 bits per heavy atom. The Labute approximate surface area is 109 Å². The zero-order valence-corrected chi connectivity index (χ0v) is 10.6. The fourth-order valence-electron chi connectivity index (χ4n) is 3.23. The molecule has 1 aromatic rings. The zero-order valence-electron chi connectivity index (χ0n) is 10.6. The molecule has 0 radical (unpaired) electrons. The molecule has 3 fully saturated rings. The molecule has 0 N–H and O–H groups in total. The maximum absolute atomic E-state index is 5.69. The molecule has 1 heteroatoms. The molecular formula is C17H17N. The molecule has 90 valence electrons. The molecule has 0 aliphatic heterocycles. The summed E-state index contributed by atoms with van der Waals surface area (Å²) in [7, 11) is 0. The van der Waals surface area contributed by atoms with E-state index in [4.69, 9.17) is 6.42 Å². The second kappa shape index (κ2) is 4.18. The van der Waals surface area contributed by atoms with E-state index >= 15 is 0 Å². The standard InChI is InChI=1S/C17H17N/c1-2-16-7-10-17(11-8-16,12-9-16)6-3-15-4-13-18-14-5-15/h1,4-5,13-14H,7-12H2. The van der Waals surface area contributed by atoms with Crippen LogP contribution in [0.1, 0.15) is 44.1 Å². The van der Waals surface area contributed by atoms with Crippen LogP contribution in [0, 0.1) is 35.0 Å². The van der Waals surface area contributed by atoms with Crippen LogP contribution in [0.2, 0.25) is 0 Å². The number of hydrogen-bond donors (Lipinski definition) is 0. The van der Waals surface area contributed by atoms with E-state index in [-0.39, 0.29) is 10.8 Å². The van der Waals surface area contributed by atoms with Crippen LogP contribution < -0.4 is 0 Å². The Morgan fingerprint density at radius 2 is 1.50 bits per heavy atom. The second-order valence-corrected chi connectivity index (χ2v) is 5.69. The van der Waals surface area contributed by atoms with Gasteiger partial charge in [0.1, 0.15) is 0 Å². The third kappa shape index (κ3) is 1.91. The third-order valence-electron chi connectivity index (χ3n) is 4.70. The maximum atomic E-state index is 5.69. The fraction of sp³-hybridized carbons (Fsp3) is 0.471. The Kier molecular flexibility index (Phi) is 2.64. The summed E-state index contributed by atoms with van der Waals surface area (Å²) in [6.07, 6.45) is 16.3. The molecule has 0 atom stereocenters. The Hall–Kier alpha value is -1.73. The minimum atomic E-state index is 0.208. The van der Waals surface area contributed by atoms with Crippen molar-refractivity contribution in [3.05, 3.63) is 30.1 Å². The molecule has 0 unspecified atom stereocenters. The first-order chi connectivity index (χ1) is 8.76. The molecule has 1 aromatic heterocycles. The van der Waals surface area contributed by atoms with Crippen molar-refractivity contribution in [2.24, 2.45) is 10.8 Å². The van der Waals surface area contributed by atoms with Gasteiger partial charge >= 0.3 is 0 Å². The van der Waals surface area contributed by atoms with E-state index in [2.05, 4.69) is 22.7 Å². The van der Waals surface area contributed by atoms with Crippen LogP contribution >= 0.6 is 0 Å². The van der Waals surface area contributed by atoms with E-state index in [0.717, 1.165) is 24.8 Å². The first kappa shape index (κ1) is 11.4. The van der Waals surface area contributed by atoms with Gasteiger partial charge in [-0.25, -0.2) is 0 Å². The second-order valence-electron chi connectivity index (χ2n) is 5.69. The van der Waals surface area contributed by atoms with E-state index in [1.54, 1.807) is 12.4 Å². The van der Waals surface area contributed by atoms with E-state index in [9.17, 15) is 0 Å². The Bertz CT molecular complexity index is 514. The summed E-state index contributed by atoms with van der Waals surface area (Å²) < 4.78 is 0. The molecule has 0 saturated heterocycles. The monoisotopic (exact) mass is 235 g/mol. The van der Waals surface area contributed by atoms with Crippen molar-refractivity contribution < 1.29 is 0 Å². The molecule has 0 spiro atoms. The molecule has 3 aliphatic rings. The van der Waals surface area contributed by atoms with Crippen LogP contribution in [0.15, 0.2) is 24.5 Å². The van der Waals surface area contributed by atoms with Gasteiger partial charge in [0, 0.05) is 28.8 Å². The molecule has 18 heavy (non-hydrogen) atoms. The van der Waals surface area contributed by atoms with Gasteiger partial charge in [-0.3, -0.25) is 4.98 Å². The minimum Gasteiger partial charge on any atom is -0.265 e. The molecule has 4 rings (SSSR count). The zero-order chi connectivity index (χ0) is 12.5. The number of pyridine rings is 1. The normalized spacial score (nSPS) is 33.3. The number of fused-ring (bicyclic) bond motifs is 3. The minimum absolute atomic E-state index is 0.208. The van der Waals surface area contributed by atoms with E-state index in [1.807, 2.05) is 12.1 Å². The molecule has 2 bridgehead atoms. The molecule has 0 amide bonds. The largest absolute Gasteiger partial charge is 0.265 e. The van der Waals surface area contributed by atoms with Crippen molar-refractivity contribution >= 4 is 0 Å². The van der Waals surface area contributed by atoms with E-state index in [1.165, 1.54) is 19.3 Å². The van der Waals surface area contributed by atoms with Gasteiger partial charge in [-0.05, 0) is 50.7 Å². The number of nitrogens with zero attached hydrogens (tertiary/aromatic N) is 1. The lowest BCUT2D eigenvalue weighted by Gasteiger charge is -2.48. The highest BCUT2D eigenvalue weighted by Gasteiger charge is 2.46. The van der Waals surface area contributed by atoms with Crippen LogP contribution in [-0.4, -0.2) is 4.98 Å². The van der Waals surface area contributed by atoms with Gasteiger partial charge in [-0.1, -0.05) is 17.8 Å². The van der Waals surface area contributed by atoms with E-state index in [0.29, 0.717) is 0 Å². The third-order valence-corrected chi connectivity index (χ3v) is 4.70. The number of rotatable bonds is 0. The van der Waals surface area contributed by atoms with Gasteiger partial charge in [0.2, 0.25) is 0 Å². The van der Waals surface area contributed by atoms with Crippen molar-refractivity contribution in [2.75, 3.05) is 0 Å². The van der Waals surface area contributed by atoms with Crippen molar-refractivity contribution in [2.45, 2.75) is 38.5 Å². The lowest BCUT2D eigenvalue weighted by molar-refractivity contribution is 0.0719. The average Bonchev–Trinajstić information content (AvgIpc) is 2.48. The molecule has 0 aromatic carbocycles. The van der Waals surface area contributed by atoms with Gasteiger partial charge < -0.3 is 0 Å². The molecule has 3 saturated carbocycles. The van der Waals surface area contributed by atoms with Crippen LogP contribution in [0.5, 0.6) is 0 Å².